The molecule has 0 aromatic heterocycles. The summed E-state index contributed by atoms with van der Waals surface area (Å²) in [5.41, 5.74) is 7.02. The zero-order valence-corrected chi connectivity index (χ0v) is 9.69. The Labute approximate surface area is 98.9 Å². The number of benzene rings is 2. The number of carbonyl (C=O) groups excluding carboxylic acids is 1. The molecule has 4 heteroatoms. The average molecular weight is 231 g/mol. The number of ether oxygens (including phenoxy) is 2. The fourth-order valence-corrected chi connectivity index (χ4v) is 1.76. The van der Waals surface area contributed by atoms with Gasteiger partial charge in [-0.05, 0) is 23.6 Å². The molecule has 0 saturated carbocycles. The van der Waals surface area contributed by atoms with Gasteiger partial charge < -0.3 is 15.2 Å². The van der Waals surface area contributed by atoms with Crippen LogP contribution in [0.15, 0.2) is 30.3 Å². The number of anilines is 1. The van der Waals surface area contributed by atoms with Crippen molar-refractivity contribution in [2.24, 2.45) is 0 Å². The molecule has 0 radical (unpaired) electrons. The van der Waals surface area contributed by atoms with Crippen LogP contribution in [0.25, 0.3) is 10.8 Å². The lowest BCUT2D eigenvalue weighted by atomic mass is 10.0. The number of hydrogen-bond donors (Lipinski definition) is 1. The molecule has 0 atom stereocenters. The molecule has 0 amide bonds. The van der Waals surface area contributed by atoms with Crippen LogP contribution in [0.2, 0.25) is 0 Å². The van der Waals surface area contributed by atoms with Gasteiger partial charge >= 0.3 is 5.97 Å². The Kier molecular flexibility index (Phi) is 2.87. The summed E-state index contributed by atoms with van der Waals surface area (Å²) in [7, 11) is 2.93. The molecule has 88 valence electrons. The van der Waals surface area contributed by atoms with E-state index in [9.17, 15) is 4.79 Å². The van der Waals surface area contributed by atoms with Gasteiger partial charge in [0.15, 0.2) is 0 Å². The van der Waals surface area contributed by atoms with Gasteiger partial charge in [-0.1, -0.05) is 12.1 Å². The highest BCUT2D eigenvalue weighted by Crippen LogP contribution is 2.30. The van der Waals surface area contributed by atoms with E-state index in [2.05, 4.69) is 4.74 Å². The molecular weight excluding hydrogens is 218 g/mol. The van der Waals surface area contributed by atoms with Crippen molar-refractivity contribution >= 4 is 22.4 Å². The van der Waals surface area contributed by atoms with Gasteiger partial charge in [0.25, 0.3) is 0 Å². The lowest BCUT2D eigenvalue weighted by molar-refractivity contribution is 0.0601. The molecule has 0 aliphatic heterocycles. The fourth-order valence-electron chi connectivity index (χ4n) is 1.76. The van der Waals surface area contributed by atoms with Crippen molar-refractivity contribution in [3.05, 3.63) is 35.9 Å². The van der Waals surface area contributed by atoms with Gasteiger partial charge in [0.05, 0.1) is 25.5 Å². The van der Waals surface area contributed by atoms with Gasteiger partial charge in [-0.2, -0.15) is 0 Å². The van der Waals surface area contributed by atoms with Crippen LogP contribution in [-0.2, 0) is 4.74 Å². The molecule has 0 spiro atoms. The maximum atomic E-state index is 11.4. The smallest absolute Gasteiger partial charge is 0.337 e. The van der Waals surface area contributed by atoms with Crippen LogP contribution >= 0.6 is 0 Å². The minimum absolute atomic E-state index is 0.360. The Morgan fingerprint density at radius 3 is 2.59 bits per heavy atom. The first-order valence-corrected chi connectivity index (χ1v) is 5.12. The van der Waals surface area contributed by atoms with E-state index in [1.807, 2.05) is 6.07 Å². The first-order chi connectivity index (χ1) is 8.17. The number of rotatable bonds is 2. The Bertz CT molecular complexity index is 578. The quantitative estimate of drug-likeness (QED) is 0.636. The van der Waals surface area contributed by atoms with Crippen molar-refractivity contribution in [1.82, 2.24) is 0 Å². The van der Waals surface area contributed by atoms with Crippen molar-refractivity contribution in [3.63, 3.8) is 0 Å². The summed E-state index contributed by atoms with van der Waals surface area (Å²) in [4.78, 5) is 11.4. The summed E-state index contributed by atoms with van der Waals surface area (Å²) < 4.78 is 9.80. The Morgan fingerprint density at radius 1 is 1.18 bits per heavy atom. The van der Waals surface area contributed by atoms with Crippen LogP contribution in [0.3, 0.4) is 0 Å². The molecule has 17 heavy (non-hydrogen) atoms. The van der Waals surface area contributed by atoms with Crippen molar-refractivity contribution in [2.75, 3.05) is 20.0 Å². The molecule has 0 unspecified atom stereocenters. The number of esters is 1. The van der Waals surface area contributed by atoms with Gasteiger partial charge in [-0.15, -0.1) is 0 Å². The third-order valence-electron chi connectivity index (χ3n) is 2.66. The molecule has 0 saturated heterocycles. The van der Waals surface area contributed by atoms with Crippen molar-refractivity contribution < 1.29 is 14.3 Å². The van der Waals surface area contributed by atoms with E-state index in [0.717, 1.165) is 10.8 Å². The minimum Gasteiger partial charge on any atom is -0.495 e. The van der Waals surface area contributed by atoms with Crippen molar-refractivity contribution in [3.8, 4) is 5.75 Å². The second kappa shape index (κ2) is 4.33. The van der Waals surface area contributed by atoms with Gasteiger partial charge in [0.2, 0.25) is 0 Å². The molecular formula is C13H13NO3. The Morgan fingerprint density at radius 2 is 1.94 bits per heavy atom. The normalized spacial score (nSPS) is 10.2. The van der Waals surface area contributed by atoms with E-state index in [1.165, 1.54) is 7.11 Å². The monoisotopic (exact) mass is 231 g/mol. The van der Waals surface area contributed by atoms with Crippen molar-refractivity contribution in [2.45, 2.75) is 0 Å². The molecule has 2 N–H and O–H groups in total. The maximum Gasteiger partial charge on any atom is 0.337 e. The topological polar surface area (TPSA) is 61.5 Å². The predicted molar refractivity (Wildman–Crippen MR) is 66.3 cm³/mol. The lowest BCUT2D eigenvalue weighted by Crippen LogP contribution is -2.01. The molecule has 0 aliphatic rings. The molecule has 2 aromatic rings. The maximum absolute atomic E-state index is 11.4. The van der Waals surface area contributed by atoms with E-state index in [-0.39, 0.29) is 5.97 Å². The molecule has 2 aromatic carbocycles. The third kappa shape index (κ3) is 1.89. The molecule has 2 rings (SSSR count). The van der Waals surface area contributed by atoms with Crippen LogP contribution in [0.1, 0.15) is 10.4 Å². The molecule has 0 fully saturated rings. The van der Waals surface area contributed by atoms with E-state index >= 15 is 0 Å². The van der Waals surface area contributed by atoms with E-state index < -0.39 is 0 Å². The highest BCUT2D eigenvalue weighted by atomic mass is 16.5. The van der Waals surface area contributed by atoms with Gasteiger partial charge in [-0.25, -0.2) is 4.79 Å². The van der Waals surface area contributed by atoms with Gasteiger partial charge in [0.1, 0.15) is 5.75 Å². The molecule has 0 aliphatic carbocycles. The SMILES string of the molecule is COC(=O)c1ccc2c(N)c(OC)ccc2c1. The molecule has 0 bridgehead atoms. The van der Waals surface area contributed by atoms with Crippen LogP contribution in [0.5, 0.6) is 5.75 Å². The van der Waals surface area contributed by atoms with Crippen LogP contribution in [-0.4, -0.2) is 20.2 Å². The first kappa shape index (κ1) is 11.3. The van der Waals surface area contributed by atoms with Crippen LogP contribution in [0, 0.1) is 0 Å². The third-order valence-corrected chi connectivity index (χ3v) is 2.66. The molecule has 0 heterocycles. The summed E-state index contributed by atoms with van der Waals surface area (Å²) >= 11 is 0. The zero-order valence-electron chi connectivity index (χ0n) is 9.69. The van der Waals surface area contributed by atoms with Crippen molar-refractivity contribution in [1.29, 1.82) is 0 Å². The van der Waals surface area contributed by atoms with Gasteiger partial charge in [0, 0.05) is 5.39 Å². The summed E-state index contributed by atoms with van der Waals surface area (Å²) in [6.45, 7) is 0. The predicted octanol–water partition coefficient (Wildman–Crippen LogP) is 2.22. The first-order valence-electron chi connectivity index (χ1n) is 5.12. The number of nitrogen functional groups attached to an aromatic ring is 1. The average Bonchev–Trinajstić information content (AvgIpc) is 2.38. The standard InChI is InChI=1S/C13H13NO3/c1-16-11-6-4-8-7-9(13(15)17-2)3-5-10(8)12(11)14/h3-7H,14H2,1-2H3. The molecule has 4 nitrogen and oxygen atoms in total. The Hall–Kier alpha value is -2.23. The van der Waals surface area contributed by atoms with Gasteiger partial charge in [-0.3, -0.25) is 0 Å². The summed E-state index contributed by atoms with van der Waals surface area (Å²) in [5.74, 6) is 0.268. The van der Waals surface area contributed by atoms with Crippen LogP contribution in [0.4, 0.5) is 5.69 Å². The van der Waals surface area contributed by atoms with E-state index in [4.69, 9.17) is 10.5 Å². The zero-order chi connectivity index (χ0) is 12.4. The fraction of sp³-hybridized carbons (Fsp3) is 0.154. The van der Waals surface area contributed by atoms with E-state index in [0.29, 0.717) is 17.0 Å². The summed E-state index contributed by atoms with van der Waals surface area (Å²) in [5, 5.41) is 1.74. The highest BCUT2D eigenvalue weighted by molar-refractivity contribution is 6.00. The number of fused-ring (bicyclic) bond motifs is 1. The minimum atomic E-state index is -0.360. The number of methoxy groups -OCH3 is 2. The second-order valence-corrected chi connectivity index (χ2v) is 3.61. The number of nitrogens with two attached hydrogens (primary N) is 1. The largest absolute Gasteiger partial charge is 0.495 e. The van der Waals surface area contributed by atoms with E-state index in [1.54, 1.807) is 31.4 Å². The number of hydrogen-bond acceptors (Lipinski definition) is 4. The number of carbonyl (C=O) groups is 1. The lowest BCUT2D eigenvalue weighted by Gasteiger charge is -2.08. The van der Waals surface area contributed by atoms with Crippen LogP contribution < -0.4 is 10.5 Å². The summed E-state index contributed by atoms with van der Waals surface area (Å²) in [6, 6.07) is 8.86. The Balaban J connectivity index is 2.61. The summed E-state index contributed by atoms with van der Waals surface area (Å²) in [6.07, 6.45) is 0. The highest BCUT2D eigenvalue weighted by Gasteiger charge is 2.09. The second-order valence-electron chi connectivity index (χ2n) is 3.61.